The Kier molecular flexibility index (Phi) is 3.28. The standard InChI is InChI=1S/C18H14N4O2/c23-12-7-5-11(6-8-12)21-15-10-19-18-17(15)14(9-20-22-18)13-3-1-2-4-16(13)24/h1-10,21,23-24H,(H,19,22). The lowest BCUT2D eigenvalue weighted by atomic mass is 10.0. The molecule has 2 aromatic carbocycles. The molecule has 0 fully saturated rings. The Hall–Kier alpha value is -3.54. The second kappa shape index (κ2) is 5.58. The van der Waals surface area contributed by atoms with E-state index in [2.05, 4.69) is 20.5 Å². The second-order valence-corrected chi connectivity index (χ2v) is 5.37. The molecule has 0 saturated heterocycles. The van der Waals surface area contributed by atoms with Crippen LogP contribution in [0.1, 0.15) is 0 Å². The molecule has 4 N–H and O–H groups in total. The fourth-order valence-corrected chi connectivity index (χ4v) is 2.68. The number of phenols is 2. The molecule has 4 aromatic rings. The number of phenolic OH excluding ortho intramolecular Hbond substituents is 2. The number of H-pyrrole nitrogens is 1. The van der Waals surface area contributed by atoms with Crippen molar-refractivity contribution >= 4 is 22.4 Å². The minimum absolute atomic E-state index is 0.184. The first kappa shape index (κ1) is 14.1. The summed E-state index contributed by atoms with van der Waals surface area (Å²) >= 11 is 0. The number of para-hydroxylation sites is 1. The molecule has 0 aliphatic heterocycles. The van der Waals surface area contributed by atoms with Gasteiger partial charge < -0.3 is 20.5 Å². The summed E-state index contributed by atoms with van der Waals surface area (Å²) in [6, 6.07) is 13.9. The number of aromatic amines is 1. The molecule has 2 heterocycles. The highest BCUT2D eigenvalue weighted by Crippen LogP contribution is 2.37. The van der Waals surface area contributed by atoms with Crippen molar-refractivity contribution in [3.05, 3.63) is 60.9 Å². The van der Waals surface area contributed by atoms with Crippen LogP contribution in [0.2, 0.25) is 0 Å². The summed E-state index contributed by atoms with van der Waals surface area (Å²) in [6.45, 7) is 0. The first-order valence-corrected chi connectivity index (χ1v) is 7.39. The van der Waals surface area contributed by atoms with E-state index in [1.807, 2.05) is 12.1 Å². The SMILES string of the molecule is Oc1ccc(Nc2c[nH]c3nncc(-c4ccccc4O)c23)cc1. The van der Waals surface area contributed by atoms with E-state index in [4.69, 9.17) is 0 Å². The predicted octanol–water partition coefficient (Wildman–Crippen LogP) is 3.78. The summed E-state index contributed by atoms with van der Waals surface area (Å²) in [4.78, 5) is 3.08. The molecule has 0 unspecified atom stereocenters. The molecule has 0 atom stereocenters. The van der Waals surface area contributed by atoms with E-state index in [9.17, 15) is 10.2 Å². The molecule has 24 heavy (non-hydrogen) atoms. The van der Waals surface area contributed by atoms with Crippen LogP contribution in [-0.4, -0.2) is 25.4 Å². The zero-order valence-corrected chi connectivity index (χ0v) is 12.6. The molecule has 0 radical (unpaired) electrons. The van der Waals surface area contributed by atoms with Crippen LogP contribution in [0.15, 0.2) is 60.9 Å². The van der Waals surface area contributed by atoms with Crippen molar-refractivity contribution in [1.29, 1.82) is 0 Å². The average molecular weight is 318 g/mol. The highest BCUT2D eigenvalue weighted by atomic mass is 16.3. The Morgan fingerprint density at radius 2 is 1.71 bits per heavy atom. The van der Waals surface area contributed by atoms with Crippen molar-refractivity contribution in [3.63, 3.8) is 0 Å². The van der Waals surface area contributed by atoms with E-state index in [1.54, 1.807) is 48.8 Å². The van der Waals surface area contributed by atoms with Gasteiger partial charge in [0.15, 0.2) is 5.65 Å². The van der Waals surface area contributed by atoms with Crippen LogP contribution in [0.3, 0.4) is 0 Å². The lowest BCUT2D eigenvalue weighted by molar-refractivity contribution is 0.475. The molecule has 0 aliphatic rings. The Morgan fingerprint density at radius 1 is 0.917 bits per heavy atom. The van der Waals surface area contributed by atoms with Crippen LogP contribution in [0.4, 0.5) is 11.4 Å². The van der Waals surface area contributed by atoms with Crippen molar-refractivity contribution in [3.8, 4) is 22.6 Å². The fourth-order valence-electron chi connectivity index (χ4n) is 2.68. The summed E-state index contributed by atoms with van der Waals surface area (Å²) in [5.74, 6) is 0.392. The van der Waals surface area contributed by atoms with Gasteiger partial charge in [-0.25, -0.2) is 0 Å². The normalized spacial score (nSPS) is 10.8. The third-order valence-corrected chi connectivity index (χ3v) is 3.81. The van der Waals surface area contributed by atoms with E-state index in [1.165, 1.54) is 0 Å². The molecule has 4 rings (SSSR count). The Bertz CT molecular complexity index is 1010. The summed E-state index contributed by atoms with van der Waals surface area (Å²) < 4.78 is 0. The van der Waals surface area contributed by atoms with Crippen LogP contribution in [-0.2, 0) is 0 Å². The van der Waals surface area contributed by atoms with Crippen molar-refractivity contribution < 1.29 is 10.2 Å². The number of anilines is 2. The number of aromatic hydroxyl groups is 2. The summed E-state index contributed by atoms with van der Waals surface area (Å²) in [6.07, 6.45) is 3.43. The van der Waals surface area contributed by atoms with Crippen LogP contribution >= 0.6 is 0 Å². The first-order chi connectivity index (χ1) is 11.7. The topological polar surface area (TPSA) is 94.1 Å². The zero-order valence-electron chi connectivity index (χ0n) is 12.6. The van der Waals surface area contributed by atoms with Gasteiger partial charge in [-0.3, -0.25) is 0 Å². The molecule has 118 valence electrons. The van der Waals surface area contributed by atoms with E-state index in [-0.39, 0.29) is 11.5 Å². The van der Waals surface area contributed by atoms with Crippen molar-refractivity contribution in [1.82, 2.24) is 15.2 Å². The lowest BCUT2D eigenvalue weighted by Gasteiger charge is -2.09. The Balaban J connectivity index is 1.86. The molecule has 0 spiro atoms. The van der Waals surface area contributed by atoms with E-state index < -0.39 is 0 Å². The molecule has 0 bridgehead atoms. The molecule has 0 saturated carbocycles. The lowest BCUT2D eigenvalue weighted by Crippen LogP contribution is -1.92. The Labute approximate surface area is 137 Å². The smallest absolute Gasteiger partial charge is 0.162 e. The molecular weight excluding hydrogens is 304 g/mol. The number of nitrogens with zero attached hydrogens (tertiary/aromatic N) is 2. The largest absolute Gasteiger partial charge is 0.508 e. The number of aromatic nitrogens is 3. The van der Waals surface area contributed by atoms with Gasteiger partial charge in [-0.1, -0.05) is 18.2 Å². The maximum Gasteiger partial charge on any atom is 0.162 e. The number of rotatable bonds is 3. The van der Waals surface area contributed by atoms with Crippen molar-refractivity contribution in [2.75, 3.05) is 5.32 Å². The molecule has 0 aliphatic carbocycles. The van der Waals surface area contributed by atoms with Gasteiger partial charge in [0, 0.05) is 23.0 Å². The van der Waals surface area contributed by atoms with Gasteiger partial charge >= 0.3 is 0 Å². The van der Waals surface area contributed by atoms with Crippen LogP contribution in [0, 0.1) is 0 Å². The maximum absolute atomic E-state index is 10.2. The summed E-state index contributed by atoms with van der Waals surface area (Å²) in [5.41, 5.74) is 3.72. The minimum Gasteiger partial charge on any atom is -0.508 e. The van der Waals surface area contributed by atoms with Gasteiger partial charge in [0.1, 0.15) is 11.5 Å². The molecule has 6 nitrogen and oxygen atoms in total. The zero-order chi connectivity index (χ0) is 16.5. The summed E-state index contributed by atoms with van der Waals surface area (Å²) in [7, 11) is 0. The van der Waals surface area contributed by atoms with Gasteiger partial charge in [-0.2, -0.15) is 5.10 Å². The fraction of sp³-hybridized carbons (Fsp3) is 0. The third kappa shape index (κ3) is 2.40. The quantitative estimate of drug-likeness (QED) is 0.431. The number of nitrogens with one attached hydrogen (secondary N) is 2. The molecule has 0 amide bonds. The van der Waals surface area contributed by atoms with Gasteiger partial charge in [0.2, 0.25) is 0 Å². The Morgan fingerprint density at radius 3 is 2.50 bits per heavy atom. The van der Waals surface area contributed by atoms with Crippen LogP contribution in [0.5, 0.6) is 11.5 Å². The number of benzene rings is 2. The molecular formula is C18H14N4O2. The van der Waals surface area contributed by atoms with Crippen LogP contribution in [0.25, 0.3) is 22.2 Å². The van der Waals surface area contributed by atoms with Gasteiger partial charge in [-0.15, -0.1) is 5.10 Å². The maximum atomic E-state index is 10.2. The highest BCUT2D eigenvalue weighted by molar-refractivity contribution is 6.03. The highest BCUT2D eigenvalue weighted by Gasteiger charge is 2.14. The van der Waals surface area contributed by atoms with E-state index >= 15 is 0 Å². The van der Waals surface area contributed by atoms with Crippen molar-refractivity contribution in [2.24, 2.45) is 0 Å². The number of hydrogen-bond acceptors (Lipinski definition) is 5. The average Bonchev–Trinajstić information content (AvgIpc) is 3.01. The number of fused-ring (bicyclic) bond motifs is 1. The van der Waals surface area contributed by atoms with E-state index in [0.717, 1.165) is 22.3 Å². The summed E-state index contributed by atoms with van der Waals surface area (Å²) in [5, 5.41) is 31.8. The number of hydrogen-bond donors (Lipinski definition) is 4. The van der Waals surface area contributed by atoms with Crippen molar-refractivity contribution in [2.45, 2.75) is 0 Å². The molecule has 6 heteroatoms. The van der Waals surface area contributed by atoms with Gasteiger partial charge in [0.05, 0.1) is 17.3 Å². The third-order valence-electron chi connectivity index (χ3n) is 3.81. The second-order valence-electron chi connectivity index (χ2n) is 5.37. The minimum atomic E-state index is 0.184. The molecule has 2 aromatic heterocycles. The first-order valence-electron chi connectivity index (χ1n) is 7.39. The van der Waals surface area contributed by atoms with Gasteiger partial charge in [-0.05, 0) is 30.3 Å². The predicted molar refractivity (Wildman–Crippen MR) is 92.4 cm³/mol. The monoisotopic (exact) mass is 318 g/mol. The van der Waals surface area contributed by atoms with E-state index in [0.29, 0.717) is 11.2 Å². The van der Waals surface area contributed by atoms with Gasteiger partial charge in [0.25, 0.3) is 0 Å². The van der Waals surface area contributed by atoms with Crippen LogP contribution < -0.4 is 5.32 Å².